The number of aryl methyl sites for hydroxylation is 2. The quantitative estimate of drug-likeness (QED) is 0.533. The lowest BCUT2D eigenvalue weighted by molar-refractivity contribution is 0.192. The smallest absolute Gasteiger partial charge is 0.324 e. The third kappa shape index (κ3) is 5.52. The van der Waals surface area contributed by atoms with E-state index in [4.69, 9.17) is 0 Å². The van der Waals surface area contributed by atoms with E-state index in [0.717, 1.165) is 35.3 Å². The number of urea groups is 2. The fraction of sp³-hybridized carbons (Fsp3) is 0.259. The summed E-state index contributed by atoms with van der Waals surface area (Å²) >= 11 is 0. The van der Waals surface area contributed by atoms with Gasteiger partial charge < -0.3 is 15.5 Å². The second-order valence-corrected chi connectivity index (χ2v) is 8.45. The maximum absolute atomic E-state index is 13.4. The molecule has 170 valence electrons. The maximum atomic E-state index is 13.4. The molecule has 0 spiro atoms. The van der Waals surface area contributed by atoms with Crippen LogP contribution < -0.4 is 15.5 Å². The van der Waals surface area contributed by atoms with Crippen LogP contribution in [0, 0.1) is 13.8 Å². The fourth-order valence-electron chi connectivity index (χ4n) is 4.08. The summed E-state index contributed by atoms with van der Waals surface area (Å²) in [4.78, 5) is 29.7. The van der Waals surface area contributed by atoms with Crippen LogP contribution in [0.25, 0.3) is 0 Å². The number of hydrogen-bond donors (Lipinski definition) is 2. The van der Waals surface area contributed by atoms with E-state index >= 15 is 0 Å². The zero-order valence-corrected chi connectivity index (χ0v) is 19.2. The second-order valence-electron chi connectivity index (χ2n) is 8.45. The Labute approximate surface area is 195 Å². The van der Waals surface area contributed by atoms with E-state index in [1.807, 2.05) is 72.5 Å². The molecule has 1 fully saturated rings. The highest BCUT2D eigenvalue weighted by Gasteiger charge is 2.29. The molecular weight excluding hydrogens is 412 g/mol. The average Bonchev–Trinajstić information content (AvgIpc) is 2.82. The highest BCUT2D eigenvalue weighted by molar-refractivity contribution is 6.00. The third-order valence-electron chi connectivity index (χ3n) is 5.92. The number of anilines is 2. The van der Waals surface area contributed by atoms with Gasteiger partial charge in [-0.05, 0) is 54.7 Å². The molecule has 3 aromatic rings. The first-order valence-corrected chi connectivity index (χ1v) is 11.3. The Morgan fingerprint density at radius 2 is 1.70 bits per heavy atom. The van der Waals surface area contributed by atoms with Crippen molar-refractivity contribution in [2.24, 2.45) is 0 Å². The minimum Gasteiger partial charge on any atom is -0.334 e. The molecule has 0 atom stereocenters. The molecule has 0 bridgehead atoms. The van der Waals surface area contributed by atoms with Gasteiger partial charge in [0.2, 0.25) is 0 Å². The Balaban J connectivity index is 1.49. The standard InChI is InChI=1S/C27H30N4O2/c1-20-13-14-25(24(17-20)29-26(32)28-18-22-10-4-3-5-11-22)31-16-8-15-30(27(31)33)19-23-12-7-6-9-21(23)2/h3-7,9-14,17H,8,15-16,18-19H2,1-2H3,(H2,28,29,32). The molecule has 0 radical (unpaired) electrons. The van der Waals surface area contributed by atoms with Crippen molar-refractivity contribution in [3.8, 4) is 0 Å². The maximum Gasteiger partial charge on any atom is 0.324 e. The zero-order chi connectivity index (χ0) is 23.2. The number of nitrogens with one attached hydrogen (secondary N) is 2. The molecule has 1 aliphatic heterocycles. The summed E-state index contributed by atoms with van der Waals surface area (Å²) < 4.78 is 0. The lowest BCUT2D eigenvalue weighted by Gasteiger charge is -2.36. The Bertz CT molecular complexity index is 1130. The number of benzene rings is 3. The molecule has 6 heteroatoms. The number of hydrogen-bond acceptors (Lipinski definition) is 2. The first-order valence-electron chi connectivity index (χ1n) is 11.3. The number of carbonyl (C=O) groups is 2. The molecule has 33 heavy (non-hydrogen) atoms. The van der Waals surface area contributed by atoms with Gasteiger partial charge in [-0.15, -0.1) is 0 Å². The van der Waals surface area contributed by atoms with Gasteiger partial charge >= 0.3 is 12.1 Å². The number of carbonyl (C=O) groups excluding carboxylic acids is 2. The Hall–Kier alpha value is -3.80. The van der Waals surface area contributed by atoms with Crippen LogP contribution in [0.5, 0.6) is 0 Å². The molecule has 1 aliphatic rings. The van der Waals surface area contributed by atoms with Crippen molar-refractivity contribution in [2.75, 3.05) is 23.3 Å². The molecule has 3 aromatic carbocycles. The molecule has 0 aromatic heterocycles. The van der Waals surface area contributed by atoms with Gasteiger partial charge in [0.15, 0.2) is 0 Å². The summed E-state index contributed by atoms with van der Waals surface area (Å²) in [5.41, 5.74) is 5.71. The largest absolute Gasteiger partial charge is 0.334 e. The van der Waals surface area contributed by atoms with Gasteiger partial charge in [-0.1, -0.05) is 60.7 Å². The van der Waals surface area contributed by atoms with Crippen molar-refractivity contribution in [3.63, 3.8) is 0 Å². The fourth-order valence-corrected chi connectivity index (χ4v) is 4.08. The van der Waals surface area contributed by atoms with Crippen LogP contribution in [0.2, 0.25) is 0 Å². The van der Waals surface area contributed by atoms with E-state index in [2.05, 4.69) is 29.7 Å². The van der Waals surface area contributed by atoms with Gasteiger partial charge in [0.1, 0.15) is 0 Å². The second kappa shape index (κ2) is 10.2. The highest BCUT2D eigenvalue weighted by atomic mass is 16.2. The molecule has 4 amide bonds. The van der Waals surface area contributed by atoms with Gasteiger partial charge in [0.05, 0.1) is 11.4 Å². The number of rotatable bonds is 6. The van der Waals surface area contributed by atoms with E-state index < -0.39 is 0 Å². The monoisotopic (exact) mass is 442 g/mol. The summed E-state index contributed by atoms with van der Waals surface area (Å²) in [5, 5.41) is 5.84. The Morgan fingerprint density at radius 1 is 0.939 bits per heavy atom. The predicted molar refractivity (Wildman–Crippen MR) is 132 cm³/mol. The van der Waals surface area contributed by atoms with Crippen LogP contribution in [-0.4, -0.2) is 30.1 Å². The molecule has 1 heterocycles. The van der Waals surface area contributed by atoms with Crippen LogP contribution in [0.15, 0.2) is 72.8 Å². The van der Waals surface area contributed by atoms with Crippen molar-refractivity contribution >= 4 is 23.4 Å². The van der Waals surface area contributed by atoms with Crippen LogP contribution in [0.3, 0.4) is 0 Å². The first-order chi connectivity index (χ1) is 16.0. The molecule has 6 nitrogen and oxygen atoms in total. The number of amides is 4. The molecule has 0 aliphatic carbocycles. The van der Waals surface area contributed by atoms with E-state index in [0.29, 0.717) is 25.3 Å². The first kappa shape index (κ1) is 22.4. The summed E-state index contributed by atoms with van der Waals surface area (Å²) in [6.45, 7) is 6.38. The van der Waals surface area contributed by atoms with Crippen LogP contribution in [-0.2, 0) is 13.1 Å². The normalized spacial score (nSPS) is 13.7. The van der Waals surface area contributed by atoms with Gasteiger partial charge in [-0.3, -0.25) is 4.90 Å². The van der Waals surface area contributed by atoms with Gasteiger partial charge in [-0.25, -0.2) is 9.59 Å². The molecule has 1 saturated heterocycles. The number of nitrogens with zero attached hydrogens (tertiary/aromatic N) is 2. The summed E-state index contributed by atoms with van der Waals surface area (Å²) in [5.74, 6) is 0. The highest BCUT2D eigenvalue weighted by Crippen LogP contribution is 2.30. The van der Waals surface area contributed by atoms with E-state index in [9.17, 15) is 9.59 Å². The van der Waals surface area contributed by atoms with Crippen molar-refractivity contribution in [2.45, 2.75) is 33.4 Å². The lowest BCUT2D eigenvalue weighted by Crippen LogP contribution is -2.49. The average molecular weight is 443 g/mol. The summed E-state index contributed by atoms with van der Waals surface area (Å²) in [7, 11) is 0. The Morgan fingerprint density at radius 3 is 2.48 bits per heavy atom. The molecular formula is C27H30N4O2. The molecule has 4 rings (SSSR count). The van der Waals surface area contributed by atoms with Crippen LogP contribution >= 0.6 is 0 Å². The minimum atomic E-state index is -0.299. The lowest BCUT2D eigenvalue weighted by atomic mass is 10.1. The van der Waals surface area contributed by atoms with Crippen molar-refractivity contribution < 1.29 is 9.59 Å². The van der Waals surface area contributed by atoms with Crippen LogP contribution in [0.4, 0.5) is 21.0 Å². The van der Waals surface area contributed by atoms with Crippen molar-refractivity contribution in [1.29, 1.82) is 0 Å². The van der Waals surface area contributed by atoms with Crippen molar-refractivity contribution in [1.82, 2.24) is 10.2 Å². The molecule has 0 saturated carbocycles. The van der Waals surface area contributed by atoms with Crippen LogP contribution in [0.1, 0.15) is 28.7 Å². The van der Waals surface area contributed by atoms with Gasteiger partial charge in [0.25, 0.3) is 0 Å². The SMILES string of the molecule is Cc1ccc(N2CCCN(Cc3ccccc3C)C2=O)c(NC(=O)NCc2ccccc2)c1. The molecule has 0 unspecified atom stereocenters. The van der Waals surface area contributed by atoms with Gasteiger partial charge in [-0.2, -0.15) is 0 Å². The van der Waals surface area contributed by atoms with Gasteiger partial charge in [0, 0.05) is 26.2 Å². The minimum absolute atomic E-state index is 0.0406. The van der Waals surface area contributed by atoms with Crippen molar-refractivity contribution in [3.05, 3.63) is 95.1 Å². The van der Waals surface area contributed by atoms with E-state index in [-0.39, 0.29) is 12.1 Å². The Kier molecular flexibility index (Phi) is 6.93. The third-order valence-corrected chi connectivity index (χ3v) is 5.92. The summed E-state index contributed by atoms with van der Waals surface area (Å²) in [6, 6.07) is 23.4. The summed E-state index contributed by atoms with van der Waals surface area (Å²) in [6.07, 6.45) is 0.866. The molecule has 2 N–H and O–H groups in total. The predicted octanol–water partition coefficient (Wildman–Crippen LogP) is 5.46. The van der Waals surface area contributed by atoms with E-state index in [1.54, 1.807) is 4.90 Å². The topological polar surface area (TPSA) is 64.7 Å². The van der Waals surface area contributed by atoms with E-state index in [1.165, 1.54) is 5.56 Å². The zero-order valence-electron chi connectivity index (χ0n) is 19.2.